The van der Waals surface area contributed by atoms with E-state index in [1.807, 2.05) is 0 Å². The molecule has 1 unspecified atom stereocenters. The van der Waals surface area contributed by atoms with Crippen LogP contribution in [0.15, 0.2) is 18.2 Å². The third kappa shape index (κ3) is 3.38. The van der Waals surface area contributed by atoms with Gasteiger partial charge in [0.2, 0.25) is 0 Å². The fourth-order valence-corrected chi connectivity index (χ4v) is 1.14. The lowest BCUT2D eigenvalue weighted by molar-refractivity contribution is 0.415. The Bertz CT molecular complexity index is 320. The number of hydrogen-bond acceptors (Lipinski definition) is 4. The molecule has 0 spiro atoms. The predicted molar refractivity (Wildman–Crippen MR) is 58.5 cm³/mol. The van der Waals surface area contributed by atoms with Crippen molar-refractivity contribution in [3.05, 3.63) is 24.0 Å². The number of ether oxygens (including phenoxy) is 1. The highest BCUT2D eigenvalue weighted by Crippen LogP contribution is 2.24. The molecule has 0 saturated heterocycles. The zero-order valence-corrected chi connectivity index (χ0v) is 8.66. The number of methoxy groups -OCH3 is 1. The minimum atomic E-state index is -0.320. The van der Waals surface area contributed by atoms with Crippen LogP contribution in [-0.2, 0) is 0 Å². The molecule has 0 aliphatic heterocycles. The molecule has 1 aromatic carbocycles. The molecule has 0 amide bonds. The Morgan fingerprint density at radius 1 is 1.53 bits per heavy atom. The molecular formula is C10H16FN3O. The molecule has 15 heavy (non-hydrogen) atoms. The van der Waals surface area contributed by atoms with Crippen LogP contribution < -0.4 is 21.5 Å². The highest BCUT2D eigenvalue weighted by molar-refractivity contribution is 5.56. The van der Waals surface area contributed by atoms with Gasteiger partial charge in [0.15, 0.2) is 0 Å². The summed E-state index contributed by atoms with van der Waals surface area (Å²) in [4.78, 5) is 0. The monoisotopic (exact) mass is 213 g/mol. The van der Waals surface area contributed by atoms with Crippen LogP contribution in [0, 0.1) is 5.82 Å². The van der Waals surface area contributed by atoms with Crippen molar-refractivity contribution < 1.29 is 9.13 Å². The van der Waals surface area contributed by atoms with E-state index in [0.717, 1.165) is 0 Å². The largest absolute Gasteiger partial charge is 0.495 e. The van der Waals surface area contributed by atoms with E-state index in [1.165, 1.54) is 19.2 Å². The average Bonchev–Trinajstić information content (AvgIpc) is 2.26. The van der Waals surface area contributed by atoms with Crippen molar-refractivity contribution in [2.45, 2.75) is 6.04 Å². The molecule has 0 heterocycles. The summed E-state index contributed by atoms with van der Waals surface area (Å²) in [5.74, 6) is 0.264. The minimum Gasteiger partial charge on any atom is -0.495 e. The summed E-state index contributed by atoms with van der Waals surface area (Å²) in [5, 5.41) is 2.99. The molecule has 1 aromatic rings. The van der Waals surface area contributed by atoms with Crippen LogP contribution in [0.3, 0.4) is 0 Å². The SMILES string of the molecule is COc1ccc(F)cc1NCC(N)CN. The van der Waals surface area contributed by atoms with E-state index in [2.05, 4.69) is 5.32 Å². The van der Waals surface area contributed by atoms with Gasteiger partial charge >= 0.3 is 0 Å². The molecule has 0 fully saturated rings. The summed E-state index contributed by atoms with van der Waals surface area (Å²) >= 11 is 0. The molecule has 0 radical (unpaired) electrons. The Hall–Kier alpha value is -1.33. The van der Waals surface area contributed by atoms with Crippen molar-refractivity contribution in [2.24, 2.45) is 11.5 Å². The Morgan fingerprint density at radius 3 is 2.87 bits per heavy atom. The first-order valence-corrected chi connectivity index (χ1v) is 4.70. The van der Waals surface area contributed by atoms with Crippen LogP contribution >= 0.6 is 0 Å². The van der Waals surface area contributed by atoms with Gasteiger partial charge in [-0.25, -0.2) is 4.39 Å². The van der Waals surface area contributed by atoms with Crippen LogP contribution in [0.4, 0.5) is 10.1 Å². The zero-order valence-electron chi connectivity index (χ0n) is 8.66. The summed E-state index contributed by atoms with van der Waals surface area (Å²) in [5.41, 5.74) is 11.6. The molecule has 0 bridgehead atoms. The molecule has 0 aliphatic carbocycles. The van der Waals surface area contributed by atoms with Crippen LogP contribution in [0.1, 0.15) is 0 Å². The van der Waals surface area contributed by atoms with Crippen molar-refractivity contribution in [1.82, 2.24) is 0 Å². The standard InChI is InChI=1S/C10H16FN3O/c1-15-10-3-2-7(11)4-9(10)14-6-8(13)5-12/h2-4,8,14H,5-6,12-13H2,1H3. The average molecular weight is 213 g/mol. The highest BCUT2D eigenvalue weighted by atomic mass is 19.1. The number of nitrogens with two attached hydrogens (primary N) is 2. The van der Waals surface area contributed by atoms with Crippen molar-refractivity contribution in [3.63, 3.8) is 0 Å². The lowest BCUT2D eigenvalue weighted by Gasteiger charge is -2.14. The molecule has 4 nitrogen and oxygen atoms in total. The first-order valence-electron chi connectivity index (χ1n) is 4.70. The second kappa shape index (κ2) is 5.53. The summed E-state index contributed by atoms with van der Waals surface area (Å²) in [7, 11) is 1.53. The second-order valence-corrected chi connectivity index (χ2v) is 3.22. The Labute approximate surface area is 88.4 Å². The normalized spacial score (nSPS) is 12.3. The van der Waals surface area contributed by atoms with Crippen molar-refractivity contribution in [1.29, 1.82) is 0 Å². The van der Waals surface area contributed by atoms with E-state index in [9.17, 15) is 4.39 Å². The van der Waals surface area contributed by atoms with Gasteiger partial charge in [0.1, 0.15) is 11.6 Å². The molecule has 1 atom stereocenters. The quantitative estimate of drug-likeness (QED) is 0.667. The van der Waals surface area contributed by atoms with Gasteiger partial charge in [-0.1, -0.05) is 0 Å². The van der Waals surface area contributed by atoms with Gasteiger partial charge in [-0.3, -0.25) is 0 Å². The summed E-state index contributed by atoms with van der Waals surface area (Å²) < 4.78 is 18.0. The van der Waals surface area contributed by atoms with Crippen LogP contribution in [0.25, 0.3) is 0 Å². The van der Waals surface area contributed by atoms with Crippen molar-refractivity contribution >= 4 is 5.69 Å². The lowest BCUT2D eigenvalue weighted by Crippen LogP contribution is -2.36. The molecule has 5 heteroatoms. The van der Waals surface area contributed by atoms with E-state index in [4.69, 9.17) is 16.2 Å². The van der Waals surface area contributed by atoms with Crippen LogP contribution in [0.5, 0.6) is 5.75 Å². The summed E-state index contributed by atoms with van der Waals surface area (Å²) in [6.45, 7) is 0.862. The summed E-state index contributed by atoms with van der Waals surface area (Å²) in [6.07, 6.45) is 0. The van der Waals surface area contributed by atoms with Crippen LogP contribution in [-0.4, -0.2) is 26.2 Å². The Kier molecular flexibility index (Phi) is 4.33. The molecular weight excluding hydrogens is 197 g/mol. The maximum Gasteiger partial charge on any atom is 0.142 e. The van der Waals surface area contributed by atoms with Gasteiger partial charge in [-0.2, -0.15) is 0 Å². The minimum absolute atomic E-state index is 0.155. The fraction of sp³-hybridized carbons (Fsp3) is 0.400. The van der Waals surface area contributed by atoms with Gasteiger partial charge in [0, 0.05) is 25.2 Å². The topological polar surface area (TPSA) is 73.3 Å². The number of halogens is 1. The molecule has 0 aliphatic rings. The van der Waals surface area contributed by atoms with Crippen molar-refractivity contribution in [3.8, 4) is 5.75 Å². The van der Waals surface area contributed by atoms with Gasteiger partial charge in [-0.05, 0) is 12.1 Å². The molecule has 1 rings (SSSR count). The number of rotatable bonds is 5. The number of hydrogen-bond donors (Lipinski definition) is 3. The third-order valence-corrected chi connectivity index (χ3v) is 2.02. The lowest BCUT2D eigenvalue weighted by atomic mass is 10.2. The number of nitrogens with one attached hydrogen (secondary N) is 1. The Balaban J connectivity index is 2.69. The fourth-order valence-electron chi connectivity index (χ4n) is 1.14. The predicted octanol–water partition coefficient (Wildman–Crippen LogP) is 0.532. The van der Waals surface area contributed by atoms with E-state index in [-0.39, 0.29) is 11.9 Å². The van der Waals surface area contributed by atoms with E-state index >= 15 is 0 Å². The van der Waals surface area contributed by atoms with Crippen LogP contribution in [0.2, 0.25) is 0 Å². The number of anilines is 1. The maximum absolute atomic E-state index is 12.9. The smallest absolute Gasteiger partial charge is 0.142 e. The van der Waals surface area contributed by atoms with Gasteiger partial charge < -0.3 is 21.5 Å². The van der Waals surface area contributed by atoms with E-state index in [0.29, 0.717) is 24.5 Å². The molecule has 5 N–H and O–H groups in total. The first-order chi connectivity index (χ1) is 7.17. The zero-order chi connectivity index (χ0) is 11.3. The second-order valence-electron chi connectivity index (χ2n) is 3.22. The molecule has 0 aromatic heterocycles. The van der Waals surface area contributed by atoms with Crippen molar-refractivity contribution in [2.75, 3.05) is 25.5 Å². The third-order valence-electron chi connectivity index (χ3n) is 2.02. The first kappa shape index (κ1) is 11.7. The van der Waals surface area contributed by atoms with E-state index in [1.54, 1.807) is 6.07 Å². The van der Waals surface area contributed by atoms with Gasteiger partial charge in [0.05, 0.1) is 12.8 Å². The van der Waals surface area contributed by atoms with Gasteiger partial charge in [0.25, 0.3) is 0 Å². The summed E-state index contributed by atoms with van der Waals surface area (Å²) in [6, 6.07) is 4.11. The maximum atomic E-state index is 12.9. The Morgan fingerprint density at radius 2 is 2.27 bits per heavy atom. The highest BCUT2D eigenvalue weighted by Gasteiger charge is 2.05. The van der Waals surface area contributed by atoms with Gasteiger partial charge in [-0.15, -0.1) is 0 Å². The van der Waals surface area contributed by atoms with E-state index < -0.39 is 0 Å². The molecule has 0 saturated carbocycles. The molecule has 84 valence electrons. The number of benzene rings is 1.